The third kappa shape index (κ3) is 4.25. The summed E-state index contributed by atoms with van der Waals surface area (Å²) >= 11 is 0. The Morgan fingerprint density at radius 3 is 2.74 bits per heavy atom. The molecule has 1 fully saturated rings. The van der Waals surface area contributed by atoms with Gasteiger partial charge in [0.25, 0.3) is 5.91 Å². The molecule has 7 nitrogen and oxygen atoms in total. The lowest BCUT2D eigenvalue weighted by Crippen LogP contribution is -2.36. The average molecular weight is 433 g/mol. The first kappa shape index (κ1) is 21.2. The van der Waals surface area contributed by atoms with Crippen LogP contribution in [0.1, 0.15) is 47.0 Å². The van der Waals surface area contributed by atoms with Crippen molar-refractivity contribution < 1.29 is 22.7 Å². The van der Waals surface area contributed by atoms with Crippen LogP contribution in [0.15, 0.2) is 30.6 Å². The Labute approximate surface area is 176 Å². The monoisotopic (exact) mass is 433 g/mol. The highest BCUT2D eigenvalue weighted by atomic mass is 19.4. The summed E-state index contributed by atoms with van der Waals surface area (Å²) in [5.41, 5.74) is 0.929. The maximum Gasteiger partial charge on any atom is 0.416 e. The standard InChI is InChI=1S/C21H22F3N5O2/c1-3-29-17-8-14(21(22,23)24)4-5-15(17)27-19(29)18(13-6-7-31-11-13)28-20(30)16-10-25-12(2)9-26-16/h4-5,8-10,13,18H,3,6-7,11H2,1-2H3,(H,28,30). The topological polar surface area (TPSA) is 81.9 Å². The molecule has 1 amide bonds. The number of hydrogen-bond acceptors (Lipinski definition) is 5. The minimum absolute atomic E-state index is 0.0634. The first-order valence-electron chi connectivity index (χ1n) is 10.0. The number of carbonyl (C=O) groups excluding carboxylic acids is 1. The smallest absolute Gasteiger partial charge is 0.381 e. The van der Waals surface area contributed by atoms with Crippen molar-refractivity contribution in [2.24, 2.45) is 5.92 Å². The molecule has 31 heavy (non-hydrogen) atoms. The van der Waals surface area contributed by atoms with Gasteiger partial charge in [0.15, 0.2) is 0 Å². The van der Waals surface area contributed by atoms with Gasteiger partial charge < -0.3 is 14.6 Å². The lowest BCUT2D eigenvalue weighted by Gasteiger charge is -2.24. The summed E-state index contributed by atoms with van der Waals surface area (Å²) in [7, 11) is 0. The Morgan fingerprint density at radius 1 is 1.32 bits per heavy atom. The Hall–Kier alpha value is -3.01. The van der Waals surface area contributed by atoms with Gasteiger partial charge in [0.05, 0.1) is 41.1 Å². The van der Waals surface area contributed by atoms with E-state index in [-0.39, 0.29) is 11.6 Å². The number of nitrogens with one attached hydrogen (secondary N) is 1. The molecule has 0 spiro atoms. The molecule has 1 aromatic carbocycles. The van der Waals surface area contributed by atoms with E-state index in [1.807, 2.05) is 6.92 Å². The van der Waals surface area contributed by atoms with E-state index in [9.17, 15) is 18.0 Å². The fourth-order valence-electron chi connectivity index (χ4n) is 3.82. The second-order valence-corrected chi connectivity index (χ2v) is 7.53. The lowest BCUT2D eigenvalue weighted by atomic mass is 9.98. The van der Waals surface area contributed by atoms with Gasteiger partial charge in [0, 0.05) is 25.3 Å². The predicted molar refractivity (Wildman–Crippen MR) is 106 cm³/mol. The van der Waals surface area contributed by atoms with Crippen molar-refractivity contribution in [3.05, 3.63) is 53.4 Å². The molecule has 3 heterocycles. The molecule has 3 aromatic rings. The van der Waals surface area contributed by atoms with Crippen LogP contribution in [-0.4, -0.2) is 38.6 Å². The van der Waals surface area contributed by atoms with Crippen LogP contribution in [0.3, 0.4) is 0 Å². The van der Waals surface area contributed by atoms with Crippen molar-refractivity contribution in [2.45, 2.75) is 39.0 Å². The summed E-state index contributed by atoms with van der Waals surface area (Å²) in [5, 5.41) is 2.96. The second kappa shape index (κ2) is 8.26. The number of imidazole rings is 1. The van der Waals surface area contributed by atoms with Crippen molar-refractivity contribution >= 4 is 16.9 Å². The van der Waals surface area contributed by atoms with Gasteiger partial charge in [-0.15, -0.1) is 0 Å². The van der Waals surface area contributed by atoms with Gasteiger partial charge in [0.2, 0.25) is 0 Å². The number of amides is 1. The Bertz CT molecular complexity index is 1090. The molecule has 0 radical (unpaired) electrons. The Morgan fingerprint density at radius 2 is 2.13 bits per heavy atom. The van der Waals surface area contributed by atoms with Crippen LogP contribution in [0.4, 0.5) is 13.2 Å². The summed E-state index contributed by atoms with van der Waals surface area (Å²) < 4.78 is 46.9. The van der Waals surface area contributed by atoms with E-state index >= 15 is 0 Å². The van der Waals surface area contributed by atoms with Crippen molar-refractivity contribution in [1.82, 2.24) is 24.8 Å². The number of nitrogens with zero attached hydrogens (tertiary/aromatic N) is 4. The Balaban J connectivity index is 1.75. The van der Waals surface area contributed by atoms with Crippen molar-refractivity contribution in [2.75, 3.05) is 13.2 Å². The van der Waals surface area contributed by atoms with Gasteiger partial charge in [-0.05, 0) is 38.5 Å². The number of fused-ring (bicyclic) bond motifs is 1. The molecule has 1 saturated heterocycles. The minimum Gasteiger partial charge on any atom is -0.381 e. The molecule has 10 heteroatoms. The van der Waals surface area contributed by atoms with Crippen molar-refractivity contribution in [1.29, 1.82) is 0 Å². The normalized spacial score (nSPS) is 17.8. The zero-order valence-electron chi connectivity index (χ0n) is 17.1. The van der Waals surface area contributed by atoms with Crippen LogP contribution in [0.2, 0.25) is 0 Å². The van der Waals surface area contributed by atoms with Crippen LogP contribution in [-0.2, 0) is 17.5 Å². The second-order valence-electron chi connectivity index (χ2n) is 7.53. The number of rotatable bonds is 5. The summed E-state index contributed by atoms with van der Waals surface area (Å²) in [6.45, 7) is 4.97. The van der Waals surface area contributed by atoms with Gasteiger partial charge in [-0.1, -0.05) is 0 Å². The Kier molecular flexibility index (Phi) is 5.65. The van der Waals surface area contributed by atoms with E-state index in [1.165, 1.54) is 18.5 Å². The molecule has 0 aliphatic carbocycles. The molecule has 2 unspecified atom stereocenters. The number of carbonyl (C=O) groups is 1. The fourth-order valence-corrected chi connectivity index (χ4v) is 3.82. The molecule has 0 bridgehead atoms. The largest absolute Gasteiger partial charge is 0.416 e. The number of ether oxygens (including phenoxy) is 1. The summed E-state index contributed by atoms with van der Waals surface area (Å²) in [5.74, 6) is 0.0161. The molecular weight excluding hydrogens is 411 g/mol. The van der Waals surface area contributed by atoms with Crippen molar-refractivity contribution in [3.63, 3.8) is 0 Å². The van der Waals surface area contributed by atoms with Crippen molar-refractivity contribution in [3.8, 4) is 0 Å². The lowest BCUT2D eigenvalue weighted by molar-refractivity contribution is -0.137. The first-order chi connectivity index (χ1) is 14.8. The van der Waals surface area contributed by atoms with E-state index < -0.39 is 23.7 Å². The molecule has 0 saturated carbocycles. The summed E-state index contributed by atoms with van der Waals surface area (Å²) in [6.07, 6.45) is -0.854. The zero-order valence-corrected chi connectivity index (χ0v) is 17.1. The highest BCUT2D eigenvalue weighted by Gasteiger charge is 2.34. The van der Waals surface area contributed by atoms with Gasteiger partial charge in [-0.2, -0.15) is 13.2 Å². The van der Waals surface area contributed by atoms with Crippen LogP contribution in [0, 0.1) is 12.8 Å². The predicted octanol–water partition coefficient (Wildman–Crippen LogP) is 3.68. The highest BCUT2D eigenvalue weighted by Crippen LogP contribution is 2.34. The van der Waals surface area contributed by atoms with E-state index in [0.717, 1.165) is 12.1 Å². The number of aryl methyl sites for hydroxylation is 2. The molecule has 2 aromatic heterocycles. The zero-order chi connectivity index (χ0) is 22.2. The number of aromatic nitrogens is 4. The van der Waals surface area contributed by atoms with E-state index in [0.29, 0.717) is 48.7 Å². The summed E-state index contributed by atoms with van der Waals surface area (Å²) in [4.78, 5) is 25.7. The van der Waals surface area contributed by atoms with Crippen LogP contribution < -0.4 is 5.32 Å². The molecular formula is C21H22F3N5O2. The number of benzene rings is 1. The highest BCUT2D eigenvalue weighted by molar-refractivity contribution is 5.92. The number of hydrogen-bond donors (Lipinski definition) is 1. The third-order valence-electron chi connectivity index (χ3n) is 5.44. The SMILES string of the molecule is CCn1c(C(NC(=O)c2cnc(C)cn2)C2CCOC2)nc2ccc(C(F)(F)F)cc21. The van der Waals surface area contributed by atoms with Gasteiger partial charge in [0.1, 0.15) is 11.5 Å². The number of halogens is 3. The van der Waals surface area contributed by atoms with Crippen LogP contribution in [0.25, 0.3) is 11.0 Å². The fraction of sp³-hybridized carbons (Fsp3) is 0.429. The van der Waals surface area contributed by atoms with Gasteiger partial charge >= 0.3 is 6.18 Å². The van der Waals surface area contributed by atoms with E-state index in [1.54, 1.807) is 11.5 Å². The molecule has 1 N–H and O–H groups in total. The average Bonchev–Trinajstić information content (AvgIpc) is 3.39. The number of alkyl halides is 3. The van der Waals surface area contributed by atoms with Gasteiger partial charge in [-0.25, -0.2) is 9.97 Å². The van der Waals surface area contributed by atoms with Gasteiger partial charge in [-0.3, -0.25) is 9.78 Å². The van der Waals surface area contributed by atoms with E-state index in [4.69, 9.17) is 4.74 Å². The first-order valence-corrected chi connectivity index (χ1v) is 10.0. The molecule has 164 valence electrons. The summed E-state index contributed by atoms with van der Waals surface area (Å²) in [6, 6.07) is 2.95. The molecule has 4 rings (SSSR count). The third-order valence-corrected chi connectivity index (χ3v) is 5.44. The van der Waals surface area contributed by atoms with E-state index in [2.05, 4.69) is 20.3 Å². The molecule has 1 aliphatic heterocycles. The molecule has 1 aliphatic rings. The quantitative estimate of drug-likeness (QED) is 0.664. The van der Waals surface area contributed by atoms with Crippen LogP contribution in [0.5, 0.6) is 0 Å². The maximum atomic E-state index is 13.2. The molecule has 2 atom stereocenters. The minimum atomic E-state index is -4.45. The maximum absolute atomic E-state index is 13.2. The van der Waals surface area contributed by atoms with Crippen LogP contribution >= 0.6 is 0 Å².